The molecule has 1 heterocycles. The molecule has 1 fully saturated rings. The van der Waals surface area contributed by atoms with Gasteiger partial charge >= 0.3 is 5.82 Å². The van der Waals surface area contributed by atoms with Crippen LogP contribution >= 0.6 is 0 Å². The van der Waals surface area contributed by atoms with Gasteiger partial charge in [-0.3, -0.25) is 0 Å². The highest BCUT2D eigenvalue weighted by Crippen LogP contribution is 2.37. The molecule has 0 bridgehead atoms. The second-order valence-electron chi connectivity index (χ2n) is 3.71. The standard InChI is InChI=1S/C8H12N4O2/c1-9-8(2-3-8)5-6-4-7(11-10-6)12(13)14/h4,9H,2-3,5H2,1H3,(H,10,11). The first-order valence-electron chi connectivity index (χ1n) is 4.53. The quantitative estimate of drug-likeness (QED) is 0.546. The van der Waals surface area contributed by atoms with Crippen LogP contribution in [0.1, 0.15) is 18.5 Å². The monoisotopic (exact) mass is 196 g/mol. The Morgan fingerprint density at radius 2 is 2.50 bits per heavy atom. The lowest BCUT2D eigenvalue weighted by molar-refractivity contribution is -0.389. The molecule has 0 saturated heterocycles. The first kappa shape index (κ1) is 9.14. The summed E-state index contributed by atoms with van der Waals surface area (Å²) in [6.07, 6.45) is 2.99. The lowest BCUT2D eigenvalue weighted by Gasteiger charge is -2.10. The average molecular weight is 196 g/mol. The van der Waals surface area contributed by atoms with Crippen molar-refractivity contribution in [2.24, 2.45) is 0 Å². The Balaban J connectivity index is 2.07. The molecule has 1 aliphatic carbocycles. The van der Waals surface area contributed by atoms with Crippen LogP contribution < -0.4 is 5.32 Å². The normalized spacial score (nSPS) is 18.1. The summed E-state index contributed by atoms with van der Waals surface area (Å²) >= 11 is 0. The summed E-state index contributed by atoms with van der Waals surface area (Å²) in [5, 5.41) is 19.9. The molecule has 2 rings (SSSR count). The molecule has 0 atom stereocenters. The zero-order valence-corrected chi connectivity index (χ0v) is 7.91. The van der Waals surface area contributed by atoms with E-state index in [9.17, 15) is 10.1 Å². The number of nitro groups is 1. The topological polar surface area (TPSA) is 83.9 Å². The van der Waals surface area contributed by atoms with Gasteiger partial charge in [-0.1, -0.05) is 5.10 Å². The van der Waals surface area contributed by atoms with E-state index in [4.69, 9.17) is 0 Å². The van der Waals surface area contributed by atoms with E-state index in [1.165, 1.54) is 6.07 Å². The first-order chi connectivity index (χ1) is 6.65. The van der Waals surface area contributed by atoms with E-state index in [-0.39, 0.29) is 11.4 Å². The van der Waals surface area contributed by atoms with Gasteiger partial charge in [0.05, 0.1) is 11.8 Å². The van der Waals surface area contributed by atoms with Crippen molar-refractivity contribution in [3.05, 3.63) is 21.9 Å². The van der Waals surface area contributed by atoms with Gasteiger partial charge in [-0.15, -0.1) is 5.10 Å². The number of likely N-dealkylation sites (N-methyl/N-ethyl adjacent to an activating group) is 1. The maximum atomic E-state index is 10.4. The molecule has 2 N–H and O–H groups in total. The molecule has 6 heteroatoms. The van der Waals surface area contributed by atoms with Crippen molar-refractivity contribution in [2.45, 2.75) is 24.8 Å². The molecule has 0 radical (unpaired) electrons. The number of aromatic nitrogens is 2. The van der Waals surface area contributed by atoms with Gasteiger partial charge in [0, 0.05) is 12.0 Å². The molecule has 6 nitrogen and oxygen atoms in total. The van der Waals surface area contributed by atoms with Crippen LogP contribution in [0.3, 0.4) is 0 Å². The lowest BCUT2D eigenvalue weighted by atomic mass is 10.1. The minimum absolute atomic E-state index is 0.0353. The van der Waals surface area contributed by atoms with Crippen LogP contribution in [-0.2, 0) is 6.42 Å². The van der Waals surface area contributed by atoms with Crippen LogP contribution in [0.15, 0.2) is 6.07 Å². The van der Waals surface area contributed by atoms with Gasteiger partial charge in [0.15, 0.2) is 0 Å². The molecular formula is C8H12N4O2. The molecule has 76 valence electrons. The molecule has 0 amide bonds. The minimum Gasteiger partial charge on any atom is -0.358 e. The molecule has 0 unspecified atom stereocenters. The zero-order chi connectivity index (χ0) is 10.2. The van der Waals surface area contributed by atoms with Gasteiger partial charge in [-0.25, -0.2) is 0 Å². The maximum Gasteiger partial charge on any atom is 0.342 e. The van der Waals surface area contributed by atoms with Gasteiger partial charge in [-0.05, 0) is 24.8 Å². The molecule has 1 aliphatic rings. The molecule has 14 heavy (non-hydrogen) atoms. The summed E-state index contributed by atoms with van der Waals surface area (Å²) in [7, 11) is 1.91. The summed E-state index contributed by atoms with van der Waals surface area (Å²) in [5.74, 6) is -0.0353. The molecule has 1 aromatic heterocycles. The Hall–Kier alpha value is -1.43. The molecule has 0 spiro atoms. The van der Waals surface area contributed by atoms with Crippen LogP contribution in [-0.4, -0.2) is 27.7 Å². The Bertz CT molecular complexity index is 356. The Morgan fingerprint density at radius 1 is 1.79 bits per heavy atom. The van der Waals surface area contributed by atoms with Crippen LogP contribution in [0.4, 0.5) is 5.82 Å². The van der Waals surface area contributed by atoms with Crippen LogP contribution in [0.25, 0.3) is 0 Å². The number of nitrogens with one attached hydrogen (secondary N) is 2. The predicted octanol–water partition coefficient (Wildman–Crippen LogP) is 0.612. The molecule has 0 aliphatic heterocycles. The first-order valence-corrected chi connectivity index (χ1v) is 4.53. The third-order valence-corrected chi connectivity index (χ3v) is 2.72. The lowest BCUT2D eigenvalue weighted by Crippen LogP contribution is -2.29. The van der Waals surface area contributed by atoms with Crippen LogP contribution in [0.2, 0.25) is 0 Å². The van der Waals surface area contributed by atoms with Crippen molar-refractivity contribution in [2.75, 3.05) is 7.05 Å². The van der Waals surface area contributed by atoms with Gasteiger partial charge in [0.1, 0.15) is 0 Å². The van der Waals surface area contributed by atoms with Gasteiger partial charge in [-0.2, -0.15) is 0 Å². The predicted molar refractivity (Wildman–Crippen MR) is 50.0 cm³/mol. The van der Waals surface area contributed by atoms with E-state index in [2.05, 4.69) is 15.5 Å². The molecule has 1 saturated carbocycles. The fraction of sp³-hybridized carbons (Fsp3) is 0.625. The van der Waals surface area contributed by atoms with Crippen molar-refractivity contribution < 1.29 is 4.92 Å². The van der Waals surface area contributed by atoms with Crippen LogP contribution in [0, 0.1) is 10.1 Å². The summed E-state index contributed by atoms with van der Waals surface area (Å²) in [6.45, 7) is 0. The van der Waals surface area contributed by atoms with Crippen molar-refractivity contribution in [3.8, 4) is 0 Å². The van der Waals surface area contributed by atoms with Crippen molar-refractivity contribution in [1.82, 2.24) is 15.5 Å². The number of nitrogens with zero attached hydrogens (tertiary/aromatic N) is 2. The number of hydrogen-bond acceptors (Lipinski definition) is 4. The average Bonchev–Trinajstić information content (AvgIpc) is 2.75. The van der Waals surface area contributed by atoms with E-state index in [1.54, 1.807) is 0 Å². The van der Waals surface area contributed by atoms with Crippen molar-refractivity contribution >= 4 is 5.82 Å². The second kappa shape index (κ2) is 3.06. The maximum absolute atomic E-state index is 10.4. The highest BCUT2D eigenvalue weighted by atomic mass is 16.6. The number of H-pyrrole nitrogens is 1. The van der Waals surface area contributed by atoms with Crippen LogP contribution in [0.5, 0.6) is 0 Å². The summed E-state index contributed by atoms with van der Waals surface area (Å²) in [4.78, 5) is 9.92. The molecule has 0 aromatic carbocycles. The van der Waals surface area contributed by atoms with E-state index < -0.39 is 4.92 Å². The fourth-order valence-electron chi connectivity index (χ4n) is 1.55. The summed E-state index contributed by atoms with van der Waals surface area (Å²) in [6, 6.07) is 1.50. The molecule has 1 aromatic rings. The molecular weight excluding hydrogens is 184 g/mol. The number of rotatable bonds is 4. The SMILES string of the molecule is CNC1(Cc2cc([N+](=O)[O-])[nH]n2)CC1. The fourth-order valence-corrected chi connectivity index (χ4v) is 1.55. The smallest absolute Gasteiger partial charge is 0.342 e. The van der Waals surface area contributed by atoms with Gasteiger partial charge < -0.3 is 15.4 Å². The second-order valence-corrected chi connectivity index (χ2v) is 3.71. The summed E-state index contributed by atoms with van der Waals surface area (Å²) < 4.78 is 0. The Kier molecular flexibility index (Phi) is 1.99. The third-order valence-electron chi connectivity index (χ3n) is 2.72. The van der Waals surface area contributed by atoms with Gasteiger partial charge in [0.25, 0.3) is 0 Å². The van der Waals surface area contributed by atoms with Crippen molar-refractivity contribution in [3.63, 3.8) is 0 Å². The third kappa shape index (κ3) is 1.60. The number of hydrogen-bond donors (Lipinski definition) is 2. The number of aromatic amines is 1. The highest BCUT2D eigenvalue weighted by molar-refractivity contribution is 5.23. The largest absolute Gasteiger partial charge is 0.358 e. The Labute approximate surface area is 80.9 Å². The Morgan fingerprint density at radius 3 is 2.93 bits per heavy atom. The van der Waals surface area contributed by atoms with Gasteiger partial charge in [0.2, 0.25) is 0 Å². The zero-order valence-electron chi connectivity index (χ0n) is 7.91. The highest BCUT2D eigenvalue weighted by Gasteiger charge is 2.41. The van der Waals surface area contributed by atoms with E-state index >= 15 is 0 Å². The van der Waals surface area contributed by atoms with E-state index in [1.807, 2.05) is 7.05 Å². The van der Waals surface area contributed by atoms with Crippen molar-refractivity contribution in [1.29, 1.82) is 0 Å². The minimum atomic E-state index is -0.463. The van der Waals surface area contributed by atoms with E-state index in [0.717, 1.165) is 25.0 Å². The summed E-state index contributed by atoms with van der Waals surface area (Å²) in [5.41, 5.74) is 0.895. The van der Waals surface area contributed by atoms with E-state index in [0.29, 0.717) is 0 Å².